The molecule has 0 spiro atoms. The number of halogens is 1. The van der Waals surface area contributed by atoms with E-state index in [0.717, 1.165) is 0 Å². The van der Waals surface area contributed by atoms with Gasteiger partial charge in [-0.1, -0.05) is 17.7 Å². The smallest absolute Gasteiger partial charge is 0.339 e. The van der Waals surface area contributed by atoms with Crippen LogP contribution in [0.2, 0.25) is 5.02 Å². The summed E-state index contributed by atoms with van der Waals surface area (Å²) in [6.45, 7) is 0.672. The van der Waals surface area contributed by atoms with Gasteiger partial charge in [-0.15, -0.1) is 0 Å². The predicted octanol–water partition coefficient (Wildman–Crippen LogP) is 1.69. The Bertz CT molecular complexity index is 433. The van der Waals surface area contributed by atoms with Gasteiger partial charge in [0.25, 0.3) is 0 Å². The van der Waals surface area contributed by atoms with E-state index in [4.69, 9.17) is 16.3 Å². The van der Waals surface area contributed by atoms with Gasteiger partial charge in [0.1, 0.15) is 0 Å². The van der Waals surface area contributed by atoms with Crippen molar-refractivity contribution < 1.29 is 14.3 Å². The summed E-state index contributed by atoms with van der Waals surface area (Å²) in [6, 6.07) is 6.50. The second kappa shape index (κ2) is 4.53. The summed E-state index contributed by atoms with van der Waals surface area (Å²) in [4.78, 5) is 24.0. The van der Waals surface area contributed by atoms with Crippen LogP contribution in [0.25, 0.3) is 0 Å². The van der Waals surface area contributed by atoms with Gasteiger partial charge in [-0.25, -0.2) is 4.79 Å². The van der Waals surface area contributed by atoms with Crippen LogP contribution in [0.1, 0.15) is 16.8 Å². The van der Waals surface area contributed by atoms with E-state index < -0.39 is 5.97 Å². The number of benzene rings is 1. The van der Waals surface area contributed by atoms with Crippen molar-refractivity contribution in [3.05, 3.63) is 34.9 Å². The number of rotatable bonds is 3. The third kappa shape index (κ3) is 2.33. The zero-order chi connectivity index (χ0) is 11.5. The molecule has 1 aliphatic heterocycles. The van der Waals surface area contributed by atoms with Crippen molar-refractivity contribution in [3.8, 4) is 0 Å². The van der Waals surface area contributed by atoms with Crippen molar-refractivity contribution in [1.82, 2.24) is 4.90 Å². The first kappa shape index (κ1) is 11.0. The quantitative estimate of drug-likeness (QED) is 0.596. The molecule has 0 bridgehead atoms. The Morgan fingerprint density at radius 3 is 2.88 bits per heavy atom. The van der Waals surface area contributed by atoms with E-state index in [1.165, 1.54) is 11.0 Å². The molecular formula is C11H10ClNO3. The van der Waals surface area contributed by atoms with Crippen molar-refractivity contribution in [2.24, 2.45) is 0 Å². The summed E-state index contributed by atoms with van der Waals surface area (Å²) in [5, 5.41) is 0.481. The Labute approximate surface area is 97.7 Å². The van der Waals surface area contributed by atoms with Crippen LogP contribution in [-0.2, 0) is 9.53 Å². The van der Waals surface area contributed by atoms with E-state index >= 15 is 0 Å². The highest BCUT2D eigenvalue weighted by Gasteiger charge is 2.24. The molecule has 1 saturated heterocycles. The van der Waals surface area contributed by atoms with Gasteiger partial charge in [-0.2, -0.15) is 0 Å². The van der Waals surface area contributed by atoms with Gasteiger partial charge in [0, 0.05) is 18.0 Å². The summed E-state index contributed by atoms with van der Waals surface area (Å²) < 4.78 is 4.96. The Morgan fingerprint density at radius 1 is 1.50 bits per heavy atom. The number of amides is 1. The van der Waals surface area contributed by atoms with Crippen molar-refractivity contribution in [2.45, 2.75) is 6.42 Å². The van der Waals surface area contributed by atoms with Gasteiger partial charge in [-0.3, -0.25) is 4.79 Å². The van der Waals surface area contributed by atoms with E-state index in [9.17, 15) is 9.59 Å². The molecule has 1 amide bonds. The van der Waals surface area contributed by atoms with Gasteiger partial charge in [0.15, 0.2) is 6.73 Å². The maximum atomic E-state index is 11.5. The molecular weight excluding hydrogens is 230 g/mol. The normalized spacial score (nSPS) is 14.6. The number of carbonyl (C=O) groups excluding carboxylic acids is 2. The van der Waals surface area contributed by atoms with Gasteiger partial charge < -0.3 is 9.64 Å². The Balaban J connectivity index is 1.90. The molecule has 1 aromatic carbocycles. The van der Waals surface area contributed by atoms with Gasteiger partial charge in [0.05, 0.1) is 5.56 Å². The van der Waals surface area contributed by atoms with E-state index in [1.807, 2.05) is 0 Å². The van der Waals surface area contributed by atoms with Crippen molar-refractivity contribution in [1.29, 1.82) is 0 Å². The molecule has 0 saturated carbocycles. The molecule has 0 aromatic heterocycles. The number of ether oxygens (including phenoxy) is 1. The molecule has 0 radical (unpaired) electrons. The zero-order valence-corrected chi connectivity index (χ0v) is 9.24. The highest BCUT2D eigenvalue weighted by molar-refractivity contribution is 6.30. The summed E-state index contributed by atoms with van der Waals surface area (Å²) in [6.07, 6.45) is 0.536. The fourth-order valence-electron chi connectivity index (χ4n) is 1.33. The first-order valence-corrected chi connectivity index (χ1v) is 5.25. The van der Waals surface area contributed by atoms with E-state index in [-0.39, 0.29) is 12.6 Å². The number of hydrogen-bond donors (Lipinski definition) is 0. The zero-order valence-electron chi connectivity index (χ0n) is 8.48. The van der Waals surface area contributed by atoms with Crippen LogP contribution in [0.5, 0.6) is 0 Å². The summed E-state index contributed by atoms with van der Waals surface area (Å²) in [5.41, 5.74) is 0.389. The van der Waals surface area contributed by atoms with Crippen LogP contribution < -0.4 is 0 Å². The van der Waals surface area contributed by atoms with Gasteiger partial charge >= 0.3 is 5.97 Å². The molecule has 16 heavy (non-hydrogen) atoms. The minimum Gasteiger partial charge on any atom is -0.441 e. The van der Waals surface area contributed by atoms with Crippen molar-refractivity contribution in [3.63, 3.8) is 0 Å². The molecule has 0 N–H and O–H groups in total. The molecule has 0 atom stereocenters. The maximum absolute atomic E-state index is 11.5. The highest BCUT2D eigenvalue weighted by Crippen LogP contribution is 2.13. The maximum Gasteiger partial charge on any atom is 0.339 e. The van der Waals surface area contributed by atoms with Crippen LogP contribution in [0.4, 0.5) is 0 Å². The lowest BCUT2D eigenvalue weighted by molar-refractivity contribution is -0.144. The Kier molecular flexibility index (Phi) is 3.10. The molecule has 0 unspecified atom stereocenters. The van der Waals surface area contributed by atoms with Crippen LogP contribution in [0.15, 0.2) is 24.3 Å². The number of nitrogens with zero attached hydrogens (tertiary/aromatic N) is 1. The lowest BCUT2D eigenvalue weighted by Crippen LogP contribution is -2.44. The number of likely N-dealkylation sites (tertiary alicyclic amines) is 1. The van der Waals surface area contributed by atoms with Gasteiger partial charge in [-0.05, 0) is 18.2 Å². The van der Waals surface area contributed by atoms with Crippen molar-refractivity contribution in [2.75, 3.05) is 13.3 Å². The molecule has 1 aromatic rings. The van der Waals surface area contributed by atoms with Crippen LogP contribution in [0.3, 0.4) is 0 Å². The third-order valence-corrected chi connectivity index (χ3v) is 2.60. The SMILES string of the molecule is O=C(OCN1CCC1=O)c1cccc(Cl)c1. The molecule has 84 valence electrons. The number of β-lactam (4-membered cyclic amide) rings is 1. The lowest BCUT2D eigenvalue weighted by Gasteiger charge is -2.29. The first-order chi connectivity index (χ1) is 7.66. The van der Waals surface area contributed by atoms with Crippen LogP contribution in [0, 0.1) is 0 Å². The summed E-state index contributed by atoms with van der Waals surface area (Å²) in [7, 11) is 0. The topological polar surface area (TPSA) is 46.6 Å². The average molecular weight is 240 g/mol. The van der Waals surface area contributed by atoms with Crippen LogP contribution in [-0.4, -0.2) is 30.1 Å². The van der Waals surface area contributed by atoms with E-state index in [2.05, 4.69) is 0 Å². The molecule has 2 rings (SSSR count). The fraction of sp³-hybridized carbons (Fsp3) is 0.273. The first-order valence-electron chi connectivity index (χ1n) is 4.87. The monoisotopic (exact) mass is 239 g/mol. The Morgan fingerprint density at radius 2 is 2.31 bits per heavy atom. The van der Waals surface area contributed by atoms with Crippen LogP contribution >= 0.6 is 11.6 Å². The molecule has 1 fully saturated rings. The number of esters is 1. The highest BCUT2D eigenvalue weighted by atomic mass is 35.5. The standard InChI is InChI=1S/C11H10ClNO3/c12-9-3-1-2-8(6-9)11(15)16-7-13-5-4-10(13)14/h1-3,6H,4-5,7H2. The molecule has 5 heteroatoms. The minimum absolute atomic E-state index is 0.0129. The van der Waals surface area contributed by atoms with Crippen molar-refractivity contribution >= 4 is 23.5 Å². The summed E-state index contributed by atoms with van der Waals surface area (Å²) >= 11 is 5.74. The largest absolute Gasteiger partial charge is 0.441 e. The number of hydrogen-bond acceptors (Lipinski definition) is 3. The summed E-state index contributed by atoms with van der Waals surface area (Å²) in [5.74, 6) is -0.457. The molecule has 1 aliphatic rings. The third-order valence-electron chi connectivity index (χ3n) is 2.36. The minimum atomic E-state index is -0.470. The lowest BCUT2D eigenvalue weighted by atomic mass is 10.2. The molecule has 0 aliphatic carbocycles. The predicted molar refractivity (Wildman–Crippen MR) is 58.1 cm³/mol. The number of carbonyl (C=O) groups is 2. The Hall–Kier alpha value is -1.55. The van der Waals surface area contributed by atoms with E-state index in [0.29, 0.717) is 23.6 Å². The average Bonchev–Trinajstić information content (AvgIpc) is 2.27. The second-order valence-corrected chi connectivity index (χ2v) is 3.91. The fourth-order valence-corrected chi connectivity index (χ4v) is 1.52. The molecule has 4 nitrogen and oxygen atoms in total. The second-order valence-electron chi connectivity index (χ2n) is 3.48. The molecule has 1 heterocycles. The van der Waals surface area contributed by atoms with E-state index in [1.54, 1.807) is 18.2 Å². The van der Waals surface area contributed by atoms with Gasteiger partial charge in [0.2, 0.25) is 5.91 Å².